The van der Waals surface area contributed by atoms with E-state index in [2.05, 4.69) is 8.75 Å². The van der Waals surface area contributed by atoms with Gasteiger partial charge in [-0.15, -0.1) is 12.4 Å². The highest BCUT2D eigenvalue weighted by Gasteiger charge is 1.99. The molecule has 0 radical (unpaired) electrons. The molecule has 1 heterocycles. The summed E-state index contributed by atoms with van der Waals surface area (Å²) in [6, 6.07) is 0. The van der Waals surface area contributed by atoms with Crippen molar-refractivity contribution in [3.05, 3.63) is 11.9 Å². The van der Waals surface area contributed by atoms with E-state index in [1.165, 1.54) is 6.20 Å². The fourth-order valence-corrected chi connectivity index (χ4v) is 0.692. The van der Waals surface area contributed by atoms with E-state index in [9.17, 15) is 4.79 Å². The molecule has 1 rings (SSSR count). The minimum atomic E-state index is -0.529. The zero-order valence-corrected chi connectivity index (χ0v) is 5.91. The van der Waals surface area contributed by atoms with Gasteiger partial charge in [0.1, 0.15) is 0 Å². The van der Waals surface area contributed by atoms with E-state index in [1.807, 2.05) is 0 Å². The van der Waals surface area contributed by atoms with E-state index in [-0.39, 0.29) is 18.1 Å². The topological polar surface area (TPSA) is 68.9 Å². The fraction of sp³-hybridized carbons (Fsp3) is 0. The molecule has 6 heteroatoms. The predicted molar refractivity (Wildman–Crippen MR) is 35.7 cm³/mol. The van der Waals surface area contributed by atoms with E-state index < -0.39 is 5.91 Å². The standard InChI is InChI=1S/C3H3N3OS.ClH/c4-3(7)2-1-5-8-6-2;/h1H,(H2,4,7);1H. The molecule has 0 unspecified atom stereocenters. The smallest absolute Gasteiger partial charge is 0.270 e. The average molecular weight is 166 g/mol. The lowest BCUT2D eigenvalue weighted by molar-refractivity contribution is 0.0996. The van der Waals surface area contributed by atoms with Gasteiger partial charge in [-0.3, -0.25) is 4.79 Å². The zero-order valence-electron chi connectivity index (χ0n) is 4.27. The lowest BCUT2D eigenvalue weighted by Crippen LogP contribution is -2.10. The molecule has 0 aliphatic rings. The molecule has 50 valence electrons. The minimum Gasteiger partial charge on any atom is -0.364 e. The Morgan fingerprint density at radius 2 is 2.44 bits per heavy atom. The summed E-state index contributed by atoms with van der Waals surface area (Å²) in [6.07, 6.45) is 1.34. The molecule has 0 fully saturated rings. The number of amides is 1. The van der Waals surface area contributed by atoms with E-state index in [1.54, 1.807) is 0 Å². The van der Waals surface area contributed by atoms with Crippen molar-refractivity contribution in [3.8, 4) is 0 Å². The average Bonchev–Trinajstić information content (AvgIpc) is 2.12. The van der Waals surface area contributed by atoms with Crippen molar-refractivity contribution in [3.63, 3.8) is 0 Å². The van der Waals surface area contributed by atoms with Crippen molar-refractivity contribution in [1.29, 1.82) is 0 Å². The summed E-state index contributed by atoms with van der Waals surface area (Å²) < 4.78 is 7.14. The summed E-state index contributed by atoms with van der Waals surface area (Å²) >= 11 is 0.967. The maximum absolute atomic E-state index is 10.2. The van der Waals surface area contributed by atoms with Crippen LogP contribution in [0.3, 0.4) is 0 Å². The molecule has 1 aromatic rings. The fourth-order valence-electron chi connectivity index (χ4n) is 0.273. The first-order valence-corrected chi connectivity index (χ1v) is 2.61. The second-order valence-corrected chi connectivity index (χ2v) is 1.71. The number of carbonyl (C=O) groups is 1. The van der Waals surface area contributed by atoms with Gasteiger partial charge in [0.05, 0.1) is 17.9 Å². The van der Waals surface area contributed by atoms with Crippen LogP contribution in [-0.2, 0) is 0 Å². The normalized spacial score (nSPS) is 8.00. The minimum absolute atomic E-state index is 0. The SMILES string of the molecule is Cl.NC(=O)c1cnsn1. The second kappa shape index (κ2) is 3.37. The lowest BCUT2D eigenvalue weighted by atomic mass is 10.5. The Bertz CT molecular complexity index is 187. The Hall–Kier alpha value is -0.680. The summed E-state index contributed by atoms with van der Waals surface area (Å²) in [5, 5.41) is 0. The predicted octanol–water partition coefficient (Wildman–Crippen LogP) is 0.0588. The molecule has 0 saturated heterocycles. The van der Waals surface area contributed by atoms with E-state index in [4.69, 9.17) is 5.73 Å². The van der Waals surface area contributed by atoms with Crippen LogP contribution >= 0.6 is 24.1 Å². The number of carbonyl (C=O) groups excluding carboxylic acids is 1. The molecule has 0 aliphatic carbocycles. The molecule has 0 atom stereocenters. The first-order chi connectivity index (χ1) is 3.80. The Balaban J connectivity index is 0.000000640. The molecular weight excluding hydrogens is 162 g/mol. The third kappa shape index (κ3) is 1.95. The second-order valence-electron chi connectivity index (χ2n) is 1.16. The lowest BCUT2D eigenvalue weighted by Gasteiger charge is -1.77. The van der Waals surface area contributed by atoms with Crippen molar-refractivity contribution in [2.24, 2.45) is 5.73 Å². The van der Waals surface area contributed by atoms with Crippen LogP contribution in [0.5, 0.6) is 0 Å². The Morgan fingerprint density at radius 3 is 2.67 bits per heavy atom. The largest absolute Gasteiger partial charge is 0.364 e. The van der Waals surface area contributed by atoms with Gasteiger partial charge in [0.2, 0.25) is 0 Å². The maximum atomic E-state index is 10.2. The number of hydrogen-bond acceptors (Lipinski definition) is 4. The summed E-state index contributed by atoms with van der Waals surface area (Å²) in [5.41, 5.74) is 5.05. The molecule has 1 amide bonds. The van der Waals surface area contributed by atoms with Crippen LogP contribution in [0.2, 0.25) is 0 Å². The number of primary amides is 1. The molecule has 0 aromatic carbocycles. The van der Waals surface area contributed by atoms with Crippen molar-refractivity contribution < 1.29 is 4.79 Å². The number of nitrogens with zero attached hydrogens (tertiary/aromatic N) is 2. The number of rotatable bonds is 1. The molecule has 0 aliphatic heterocycles. The van der Waals surface area contributed by atoms with Crippen molar-refractivity contribution in [2.75, 3.05) is 0 Å². The van der Waals surface area contributed by atoms with Gasteiger partial charge >= 0.3 is 0 Å². The maximum Gasteiger partial charge on any atom is 0.270 e. The molecule has 0 bridgehead atoms. The first-order valence-electron chi connectivity index (χ1n) is 1.88. The summed E-state index contributed by atoms with van der Waals surface area (Å²) in [5.74, 6) is -0.529. The van der Waals surface area contributed by atoms with Crippen LogP contribution in [0, 0.1) is 0 Å². The van der Waals surface area contributed by atoms with Crippen LogP contribution < -0.4 is 5.73 Å². The molecule has 2 N–H and O–H groups in total. The van der Waals surface area contributed by atoms with Crippen LogP contribution in [0.1, 0.15) is 10.5 Å². The molecule has 4 nitrogen and oxygen atoms in total. The molecule has 9 heavy (non-hydrogen) atoms. The van der Waals surface area contributed by atoms with Crippen LogP contribution in [0.15, 0.2) is 6.20 Å². The van der Waals surface area contributed by atoms with Gasteiger partial charge in [0.25, 0.3) is 5.91 Å². The van der Waals surface area contributed by atoms with E-state index >= 15 is 0 Å². The van der Waals surface area contributed by atoms with Crippen LogP contribution in [-0.4, -0.2) is 14.7 Å². The van der Waals surface area contributed by atoms with Crippen LogP contribution in [0.4, 0.5) is 0 Å². The van der Waals surface area contributed by atoms with Crippen molar-refractivity contribution >= 4 is 30.0 Å². The van der Waals surface area contributed by atoms with Gasteiger partial charge in [-0.1, -0.05) is 0 Å². The zero-order chi connectivity index (χ0) is 5.98. The third-order valence-corrected chi connectivity index (χ3v) is 1.09. The summed E-state index contributed by atoms with van der Waals surface area (Å²) in [6.45, 7) is 0. The molecular formula is C3H4ClN3OS. The van der Waals surface area contributed by atoms with E-state index in [0.29, 0.717) is 0 Å². The Kier molecular flexibility index (Phi) is 3.11. The molecule has 0 saturated carbocycles. The van der Waals surface area contributed by atoms with Crippen molar-refractivity contribution in [2.45, 2.75) is 0 Å². The number of nitrogens with two attached hydrogens (primary N) is 1. The molecule has 1 aromatic heterocycles. The summed E-state index contributed by atoms with van der Waals surface area (Å²) in [7, 11) is 0. The monoisotopic (exact) mass is 165 g/mol. The van der Waals surface area contributed by atoms with Gasteiger partial charge in [0, 0.05) is 0 Å². The Labute approximate surface area is 61.8 Å². The molecule has 0 spiro atoms. The van der Waals surface area contributed by atoms with Gasteiger partial charge in [-0.05, 0) is 0 Å². The van der Waals surface area contributed by atoms with Gasteiger partial charge < -0.3 is 5.73 Å². The first kappa shape index (κ1) is 8.32. The van der Waals surface area contributed by atoms with Gasteiger partial charge in [-0.2, -0.15) is 8.75 Å². The number of aromatic nitrogens is 2. The highest BCUT2D eigenvalue weighted by molar-refractivity contribution is 6.99. The highest BCUT2D eigenvalue weighted by Crippen LogP contribution is 1.90. The Morgan fingerprint density at radius 1 is 1.78 bits per heavy atom. The van der Waals surface area contributed by atoms with Crippen molar-refractivity contribution in [1.82, 2.24) is 8.75 Å². The van der Waals surface area contributed by atoms with E-state index in [0.717, 1.165) is 11.7 Å². The van der Waals surface area contributed by atoms with Gasteiger partial charge in [0.15, 0.2) is 5.69 Å². The van der Waals surface area contributed by atoms with Gasteiger partial charge in [-0.25, -0.2) is 0 Å². The quantitative estimate of drug-likeness (QED) is 0.640. The number of hydrogen-bond donors (Lipinski definition) is 1. The highest BCUT2D eigenvalue weighted by atomic mass is 35.5. The van der Waals surface area contributed by atoms with Crippen LogP contribution in [0.25, 0.3) is 0 Å². The summed E-state index contributed by atoms with van der Waals surface area (Å²) in [4.78, 5) is 10.2. The third-order valence-electron chi connectivity index (χ3n) is 0.614. The number of halogens is 1.